The molecular weight excluding hydrogens is 368 g/mol. The molecule has 1 saturated heterocycles. The number of piperazine rings is 1. The summed E-state index contributed by atoms with van der Waals surface area (Å²) in [7, 11) is 0. The topological polar surface area (TPSA) is 74.8 Å². The number of hydrogen-bond donors (Lipinski definition) is 1. The number of benzene rings is 1. The minimum Gasteiger partial charge on any atom is -0.450 e. The van der Waals surface area contributed by atoms with Crippen molar-refractivity contribution in [1.29, 1.82) is 0 Å². The molecule has 1 aliphatic heterocycles. The van der Waals surface area contributed by atoms with Crippen LogP contribution in [0.15, 0.2) is 42.6 Å². The van der Waals surface area contributed by atoms with Gasteiger partial charge < -0.3 is 19.9 Å². The van der Waals surface area contributed by atoms with Gasteiger partial charge >= 0.3 is 6.09 Å². The standard InChI is InChI=1S/C22H28N4O3/c1-4-29-22(28)26-13-11-25(12-14-26)19-9-10-23-20(15-19)21(27)24-18-7-5-17(6-8-18)16(2)3/h5-10,15-16H,4,11-14H2,1-3H3,(H,24,27). The number of rotatable bonds is 5. The summed E-state index contributed by atoms with van der Waals surface area (Å²) in [4.78, 5) is 32.5. The first-order valence-electron chi connectivity index (χ1n) is 10.0. The van der Waals surface area contributed by atoms with E-state index in [2.05, 4.69) is 29.0 Å². The lowest BCUT2D eigenvalue weighted by atomic mass is 10.0. The van der Waals surface area contributed by atoms with Crippen LogP contribution in [-0.2, 0) is 4.74 Å². The van der Waals surface area contributed by atoms with E-state index >= 15 is 0 Å². The lowest BCUT2D eigenvalue weighted by Gasteiger charge is -2.35. The maximum absolute atomic E-state index is 12.6. The van der Waals surface area contributed by atoms with Gasteiger partial charge in [-0.25, -0.2) is 4.79 Å². The van der Waals surface area contributed by atoms with Crippen molar-refractivity contribution in [3.63, 3.8) is 0 Å². The van der Waals surface area contributed by atoms with E-state index < -0.39 is 0 Å². The molecule has 2 heterocycles. The molecule has 1 aromatic heterocycles. The van der Waals surface area contributed by atoms with Crippen LogP contribution in [0.1, 0.15) is 42.7 Å². The molecule has 1 N–H and O–H groups in total. The van der Waals surface area contributed by atoms with Crippen LogP contribution in [0, 0.1) is 0 Å². The van der Waals surface area contributed by atoms with Crippen LogP contribution in [0.3, 0.4) is 0 Å². The number of nitrogens with one attached hydrogen (secondary N) is 1. The number of nitrogens with zero attached hydrogens (tertiary/aromatic N) is 3. The third-order valence-electron chi connectivity index (χ3n) is 4.98. The van der Waals surface area contributed by atoms with Crippen molar-refractivity contribution >= 4 is 23.4 Å². The molecule has 0 spiro atoms. The van der Waals surface area contributed by atoms with Gasteiger partial charge in [0.15, 0.2) is 0 Å². The Labute approximate surface area is 171 Å². The third-order valence-corrected chi connectivity index (χ3v) is 4.98. The van der Waals surface area contributed by atoms with Crippen LogP contribution in [0.2, 0.25) is 0 Å². The Morgan fingerprint density at radius 2 is 1.79 bits per heavy atom. The average Bonchev–Trinajstić information content (AvgIpc) is 2.74. The number of amides is 2. The Kier molecular flexibility index (Phi) is 6.69. The van der Waals surface area contributed by atoms with E-state index in [0.29, 0.717) is 44.4 Å². The number of carbonyl (C=O) groups is 2. The van der Waals surface area contributed by atoms with Gasteiger partial charge in [0, 0.05) is 43.8 Å². The normalized spacial score (nSPS) is 14.1. The highest BCUT2D eigenvalue weighted by atomic mass is 16.6. The first-order valence-corrected chi connectivity index (χ1v) is 10.0. The van der Waals surface area contributed by atoms with Gasteiger partial charge in [-0.15, -0.1) is 0 Å². The number of hydrogen-bond acceptors (Lipinski definition) is 5. The molecule has 0 unspecified atom stereocenters. The largest absolute Gasteiger partial charge is 0.450 e. The fraction of sp³-hybridized carbons (Fsp3) is 0.409. The van der Waals surface area contributed by atoms with E-state index in [9.17, 15) is 9.59 Å². The highest BCUT2D eigenvalue weighted by Crippen LogP contribution is 2.20. The molecule has 0 atom stereocenters. The summed E-state index contributed by atoms with van der Waals surface area (Å²) < 4.78 is 5.06. The molecule has 0 aliphatic carbocycles. The smallest absolute Gasteiger partial charge is 0.409 e. The van der Waals surface area contributed by atoms with E-state index in [4.69, 9.17) is 4.74 Å². The quantitative estimate of drug-likeness (QED) is 0.833. The Morgan fingerprint density at radius 1 is 1.10 bits per heavy atom. The van der Waals surface area contributed by atoms with Crippen molar-refractivity contribution < 1.29 is 14.3 Å². The van der Waals surface area contributed by atoms with Crippen LogP contribution in [0.5, 0.6) is 0 Å². The highest BCUT2D eigenvalue weighted by molar-refractivity contribution is 6.03. The minimum absolute atomic E-state index is 0.241. The lowest BCUT2D eigenvalue weighted by molar-refractivity contribution is 0.102. The molecule has 1 aromatic carbocycles. The van der Waals surface area contributed by atoms with Crippen LogP contribution in [-0.4, -0.2) is 54.7 Å². The number of anilines is 2. The summed E-state index contributed by atoms with van der Waals surface area (Å²) >= 11 is 0. The molecule has 1 aliphatic rings. The summed E-state index contributed by atoms with van der Waals surface area (Å²) in [5, 5.41) is 2.90. The number of pyridine rings is 1. The Balaban J connectivity index is 1.62. The second kappa shape index (κ2) is 9.41. The Hall–Kier alpha value is -3.09. The Bertz CT molecular complexity index is 843. The van der Waals surface area contributed by atoms with Gasteiger partial charge in [-0.3, -0.25) is 9.78 Å². The van der Waals surface area contributed by atoms with Crippen molar-refractivity contribution in [2.75, 3.05) is 43.0 Å². The minimum atomic E-state index is -0.273. The molecule has 0 radical (unpaired) electrons. The van der Waals surface area contributed by atoms with Gasteiger partial charge in [0.2, 0.25) is 0 Å². The maximum Gasteiger partial charge on any atom is 0.409 e. The zero-order valence-corrected chi connectivity index (χ0v) is 17.2. The fourth-order valence-electron chi connectivity index (χ4n) is 3.25. The van der Waals surface area contributed by atoms with Crippen molar-refractivity contribution in [3.8, 4) is 0 Å². The predicted molar refractivity (Wildman–Crippen MR) is 114 cm³/mol. The van der Waals surface area contributed by atoms with Crippen LogP contribution >= 0.6 is 0 Å². The van der Waals surface area contributed by atoms with Crippen molar-refractivity contribution in [3.05, 3.63) is 53.9 Å². The second-order valence-corrected chi connectivity index (χ2v) is 7.30. The van der Waals surface area contributed by atoms with Crippen molar-refractivity contribution in [2.45, 2.75) is 26.7 Å². The summed E-state index contributed by atoms with van der Waals surface area (Å²) in [6, 6.07) is 11.5. The molecule has 154 valence electrons. The van der Waals surface area contributed by atoms with Gasteiger partial charge in [0.1, 0.15) is 5.69 Å². The molecule has 2 amide bonds. The van der Waals surface area contributed by atoms with E-state index in [-0.39, 0.29) is 12.0 Å². The van der Waals surface area contributed by atoms with E-state index in [0.717, 1.165) is 11.4 Å². The fourth-order valence-corrected chi connectivity index (χ4v) is 3.25. The molecule has 7 heteroatoms. The molecular formula is C22H28N4O3. The van der Waals surface area contributed by atoms with E-state index in [1.807, 2.05) is 30.3 Å². The first-order chi connectivity index (χ1) is 14.0. The highest BCUT2D eigenvalue weighted by Gasteiger charge is 2.22. The van der Waals surface area contributed by atoms with Gasteiger partial charge in [-0.2, -0.15) is 0 Å². The second-order valence-electron chi connectivity index (χ2n) is 7.30. The van der Waals surface area contributed by atoms with Gasteiger partial charge in [-0.05, 0) is 42.7 Å². The Morgan fingerprint density at radius 3 is 2.41 bits per heavy atom. The zero-order chi connectivity index (χ0) is 20.8. The molecule has 0 bridgehead atoms. The first kappa shape index (κ1) is 20.6. The molecule has 7 nitrogen and oxygen atoms in total. The molecule has 29 heavy (non-hydrogen) atoms. The SMILES string of the molecule is CCOC(=O)N1CCN(c2ccnc(C(=O)Nc3ccc(C(C)C)cc3)c2)CC1. The average molecular weight is 396 g/mol. The number of carbonyl (C=O) groups excluding carboxylic acids is 2. The van der Waals surface area contributed by atoms with Crippen molar-refractivity contribution in [2.24, 2.45) is 0 Å². The molecule has 1 fully saturated rings. The summed E-state index contributed by atoms with van der Waals surface area (Å²) in [5.74, 6) is 0.205. The monoisotopic (exact) mass is 396 g/mol. The lowest BCUT2D eigenvalue weighted by Crippen LogP contribution is -2.49. The van der Waals surface area contributed by atoms with Gasteiger partial charge in [-0.1, -0.05) is 26.0 Å². The summed E-state index contributed by atoms with van der Waals surface area (Å²) in [5.41, 5.74) is 3.26. The van der Waals surface area contributed by atoms with Gasteiger partial charge in [0.05, 0.1) is 6.61 Å². The molecule has 0 saturated carbocycles. The zero-order valence-electron chi connectivity index (χ0n) is 17.2. The van der Waals surface area contributed by atoms with Crippen LogP contribution in [0.4, 0.5) is 16.2 Å². The third kappa shape index (κ3) is 5.25. The molecule has 2 aromatic rings. The van der Waals surface area contributed by atoms with E-state index in [1.165, 1.54) is 5.56 Å². The summed E-state index contributed by atoms with van der Waals surface area (Å²) in [6.45, 7) is 8.99. The van der Waals surface area contributed by atoms with Crippen LogP contribution in [0.25, 0.3) is 0 Å². The molecule has 3 rings (SSSR count). The number of ether oxygens (including phenoxy) is 1. The maximum atomic E-state index is 12.6. The summed E-state index contributed by atoms with van der Waals surface area (Å²) in [6.07, 6.45) is 1.37. The van der Waals surface area contributed by atoms with E-state index in [1.54, 1.807) is 24.1 Å². The van der Waals surface area contributed by atoms with Gasteiger partial charge in [0.25, 0.3) is 5.91 Å². The van der Waals surface area contributed by atoms with Crippen molar-refractivity contribution in [1.82, 2.24) is 9.88 Å². The predicted octanol–water partition coefficient (Wildman–Crippen LogP) is 3.74. The van der Waals surface area contributed by atoms with Crippen LogP contribution < -0.4 is 10.2 Å². The number of aromatic nitrogens is 1.